The zero-order valence-corrected chi connectivity index (χ0v) is 10.6. The number of amides is 1. The molecule has 5 heteroatoms. The zero-order chi connectivity index (χ0) is 13.1. The first-order valence-corrected chi connectivity index (χ1v) is 6.11. The molecule has 0 radical (unpaired) electrons. The molecular weight excluding hydrogens is 228 g/mol. The van der Waals surface area contributed by atoms with Gasteiger partial charge in [0.2, 0.25) is 5.91 Å². The number of carbonyl (C=O) groups excluding carboxylic acids is 1. The molecule has 0 fully saturated rings. The summed E-state index contributed by atoms with van der Waals surface area (Å²) >= 11 is 0. The highest BCUT2D eigenvalue weighted by Gasteiger charge is 2.19. The highest BCUT2D eigenvalue weighted by molar-refractivity contribution is 5.96. The lowest BCUT2D eigenvalue weighted by Gasteiger charge is -2.17. The number of anilines is 1. The topological polar surface area (TPSA) is 83.8 Å². The number of hydrogen-bond donors (Lipinski definition) is 3. The van der Waals surface area contributed by atoms with Crippen molar-refractivity contribution < 1.29 is 4.79 Å². The van der Waals surface area contributed by atoms with Gasteiger partial charge < -0.3 is 11.1 Å². The smallest absolute Gasteiger partial charge is 0.241 e. The minimum Gasteiger partial charge on any atom is -0.325 e. The minimum absolute atomic E-state index is 0.150. The van der Waals surface area contributed by atoms with Gasteiger partial charge in [-0.15, -0.1) is 0 Å². The molecule has 2 rings (SSSR count). The molecule has 2 atom stereocenters. The van der Waals surface area contributed by atoms with E-state index in [0.717, 1.165) is 23.0 Å². The first kappa shape index (κ1) is 12.6. The van der Waals surface area contributed by atoms with E-state index in [1.54, 1.807) is 6.20 Å². The normalized spacial score (nSPS) is 14.4. The second-order valence-corrected chi connectivity index (χ2v) is 4.57. The van der Waals surface area contributed by atoms with Gasteiger partial charge in [-0.2, -0.15) is 5.10 Å². The Morgan fingerprint density at radius 2 is 2.33 bits per heavy atom. The molecule has 1 aromatic carbocycles. The van der Waals surface area contributed by atoms with Crippen molar-refractivity contribution in [2.75, 3.05) is 5.32 Å². The summed E-state index contributed by atoms with van der Waals surface area (Å²) in [6.45, 7) is 4.00. The monoisotopic (exact) mass is 246 g/mol. The van der Waals surface area contributed by atoms with E-state index < -0.39 is 6.04 Å². The van der Waals surface area contributed by atoms with Crippen LogP contribution in [-0.2, 0) is 4.79 Å². The number of nitrogens with two attached hydrogens (primary N) is 1. The van der Waals surface area contributed by atoms with Crippen LogP contribution >= 0.6 is 0 Å². The van der Waals surface area contributed by atoms with Crippen LogP contribution in [0.5, 0.6) is 0 Å². The molecule has 5 nitrogen and oxygen atoms in total. The largest absolute Gasteiger partial charge is 0.325 e. The maximum atomic E-state index is 11.9. The third kappa shape index (κ3) is 2.51. The van der Waals surface area contributed by atoms with Crippen molar-refractivity contribution in [2.45, 2.75) is 26.3 Å². The van der Waals surface area contributed by atoms with Gasteiger partial charge in [0.25, 0.3) is 0 Å². The maximum Gasteiger partial charge on any atom is 0.241 e. The Balaban J connectivity index is 2.10. The molecule has 0 aliphatic carbocycles. The fourth-order valence-corrected chi connectivity index (χ4v) is 1.75. The lowest BCUT2D eigenvalue weighted by molar-refractivity contribution is -0.118. The van der Waals surface area contributed by atoms with Gasteiger partial charge in [-0.25, -0.2) is 0 Å². The number of fused-ring (bicyclic) bond motifs is 1. The first-order valence-electron chi connectivity index (χ1n) is 6.11. The molecule has 18 heavy (non-hydrogen) atoms. The number of carbonyl (C=O) groups is 1. The van der Waals surface area contributed by atoms with Gasteiger partial charge in [0, 0.05) is 11.1 Å². The molecule has 1 unspecified atom stereocenters. The second-order valence-electron chi connectivity index (χ2n) is 4.57. The molecule has 96 valence electrons. The molecule has 2 aromatic rings. The molecule has 0 aliphatic heterocycles. The predicted octanol–water partition coefficient (Wildman–Crippen LogP) is 1.87. The number of aromatic nitrogens is 2. The van der Waals surface area contributed by atoms with Gasteiger partial charge in [0.15, 0.2) is 0 Å². The molecule has 0 bridgehead atoms. The molecule has 4 N–H and O–H groups in total. The van der Waals surface area contributed by atoms with Crippen molar-refractivity contribution >= 4 is 22.5 Å². The summed E-state index contributed by atoms with van der Waals surface area (Å²) < 4.78 is 0. The van der Waals surface area contributed by atoms with Crippen molar-refractivity contribution in [1.29, 1.82) is 0 Å². The van der Waals surface area contributed by atoms with Crippen LogP contribution in [0.3, 0.4) is 0 Å². The van der Waals surface area contributed by atoms with Crippen molar-refractivity contribution in [3.63, 3.8) is 0 Å². The molecule has 0 spiro atoms. The second kappa shape index (κ2) is 5.18. The number of rotatable bonds is 4. The van der Waals surface area contributed by atoms with Crippen LogP contribution in [-0.4, -0.2) is 22.1 Å². The van der Waals surface area contributed by atoms with Crippen molar-refractivity contribution in [1.82, 2.24) is 10.2 Å². The van der Waals surface area contributed by atoms with E-state index in [1.807, 2.05) is 32.0 Å². The summed E-state index contributed by atoms with van der Waals surface area (Å²) in [6, 6.07) is 5.12. The van der Waals surface area contributed by atoms with Crippen molar-refractivity contribution in [3.05, 3.63) is 24.4 Å². The standard InChI is InChI=1S/C13H18N4O/c1-3-8(2)12(14)13(18)16-10-5-4-9-7-15-17-11(9)6-10/h4-8,12H,3,14H2,1-2H3,(H,15,17)(H,16,18)/t8?,12-/m0/s1. The Hall–Kier alpha value is -1.88. The van der Waals surface area contributed by atoms with E-state index in [-0.39, 0.29) is 11.8 Å². The fraction of sp³-hybridized carbons (Fsp3) is 0.385. The number of nitrogens with zero attached hydrogens (tertiary/aromatic N) is 1. The summed E-state index contributed by atoms with van der Waals surface area (Å²) in [7, 11) is 0. The van der Waals surface area contributed by atoms with Crippen LogP contribution in [0.15, 0.2) is 24.4 Å². The van der Waals surface area contributed by atoms with Crippen LogP contribution in [0.25, 0.3) is 10.9 Å². The van der Waals surface area contributed by atoms with E-state index in [1.165, 1.54) is 0 Å². The van der Waals surface area contributed by atoms with Crippen LogP contribution in [0.4, 0.5) is 5.69 Å². The Morgan fingerprint density at radius 1 is 1.56 bits per heavy atom. The molecule has 0 aliphatic rings. The van der Waals surface area contributed by atoms with Crippen molar-refractivity contribution in [2.24, 2.45) is 11.7 Å². The third-order valence-electron chi connectivity index (χ3n) is 3.27. The number of H-pyrrole nitrogens is 1. The average Bonchev–Trinajstić information content (AvgIpc) is 2.84. The Labute approximate surface area is 106 Å². The predicted molar refractivity (Wildman–Crippen MR) is 72.2 cm³/mol. The van der Waals surface area contributed by atoms with Gasteiger partial charge in [0.1, 0.15) is 0 Å². The molecular formula is C13H18N4O. The minimum atomic E-state index is -0.479. The summed E-state index contributed by atoms with van der Waals surface area (Å²) in [4.78, 5) is 11.9. The van der Waals surface area contributed by atoms with Gasteiger partial charge in [-0.3, -0.25) is 9.89 Å². The van der Waals surface area contributed by atoms with E-state index in [0.29, 0.717) is 0 Å². The van der Waals surface area contributed by atoms with Gasteiger partial charge in [-0.05, 0) is 24.1 Å². The summed E-state index contributed by atoms with van der Waals surface area (Å²) in [5, 5.41) is 10.6. The average molecular weight is 246 g/mol. The zero-order valence-electron chi connectivity index (χ0n) is 10.6. The molecule has 1 aromatic heterocycles. The third-order valence-corrected chi connectivity index (χ3v) is 3.27. The van der Waals surface area contributed by atoms with Crippen LogP contribution in [0, 0.1) is 5.92 Å². The van der Waals surface area contributed by atoms with E-state index in [4.69, 9.17) is 5.73 Å². The van der Waals surface area contributed by atoms with Crippen LogP contribution < -0.4 is 11.1 Å². The van der Waals surface area contributed by atoms with Crippen molar-refractivity contribution in [3.8, 4) is 0 Å². The van der Waals surface area contributed by atoms with Crippen LogP contribution in [0.1, 0.15) is 20.3 Å². The van der Waals surface area contributed by atoms with E-state index in [9.17, 15) is 4.79 Å². The highest BCUT2D eigenvalue weighted by atomic mass is 16.2. The lowest BCUT2D eigenvalue weighted by atomic mass is 9.99. The first-order chi connectivity index (χ1) is 8.61. The summed E-state index contributed by atoms with van der Waals surface area (Å²) in [5.74, 6) is 0.0177. The Kier molecular flexibility index (Phi) is 3.62. The number of nitrogens with one attached hydrogen (secondary N) is 2. The maximum absolute atomic E-state index is 11.9. The SMILES string of the molecule is CCC(C)[C@H](N)C(=O)Nc1ccc2cn[nH]c2c1. The quantitative estimate of drug-likeness (QED) is 0.770. The van der Waals surface area contributed by atoms with E-state index >= 15 is 0 Å². The van der Waals surface area contributed by atoms with Gasteiger partial charge in [-0.1, -0.05) is 20.3 Å². The molecule has 0 saturated heterocycles. The molecule has 0 saturated carbocycles. The van der Waals surface area contributed by atoms with Gasteiger partial charge >= 0.3 is 0 Å². The fourth-order valence-electron chi connectivity index (χ4n) is 1.75. The lowest BCUT2D eigenvalue weighted by Crippen LogP contribution is -2.40. The van der Waals surface area contributed by atoms with E-state index in [2.05, 4.69) is 15.5 Å². The highest BCUT2D eigenvalue weighted by Crippen LogP contribution is 2.17. The molecule has 1 heterocycles. The van der Waals surface area contributed by atoms with Crippen LogP contribution in [0.2, 0.25) is 0 Å². The summed E-state index contributed by atoms with van der Waals surface area (Å²) in [6.07, 6.45) is 2.62. The number of aromatic amines is 1. The summed E-state index contributed by atoms with van der Waals surface area (Å²) in [5.41, 5.74) is 7.50. The number of benzene rings is 1. The Bertz CT molecular complexity index is 549. The van der Waals surface area contributed by atoms with Gasteiger partial charge in [0.05, 0.1) is 17.8 Å². The number of hydrogen-bond acceptors (Lipinski definition) is 3. The molecule has 1 amide bonds. The Morgan fingerprint density at radius 3 is 3.06 bits per heavy atom.